The molecule has 3 rings (SSSR count). The fraction of sp³-hybridized carbons (Fsp3) is 0.200. The molecule has 0 fully saturated rings. The molecular formula is C20H17Cl2N3O4. The molecule has 0 spiro atoms. The maximum atomic E-state index is 12.7. The van der Waals surface area contributed by atoms with E-state index in [0.29, 0.717) is 34.1 Å². The van der Waals surface area contributed by atoms with Gasteiger partial charge in [0.15, 0.2) is 5.43 Å². The number of aromatic carboxylic acids is 1. The van der Waals surface area contributed by atoms with Crippen LogP contribution in [0, 0.1) is 6.92 Å². The minimum absolute atomic E-state index is 0.231. The number of nitrogens with one attached hydrogen (secondary N) is 1. The number of carboxylic acid groups (broad SMARTS) is 1. The smallest absolute Gasteiger partial charge is 0.341 e. The monoisotopic (exact) mass is 433 g/mol. The van der Waals surface area contributed by atoms with Crippen molar-refractivity contribution in [3.63, 3.8) is 0 Å². The minimum atomic E-state index is -1.33. The SMILES string of the molecule is CCn1c(Cc2cc(C)c(=O)[nH]n2)cc(=O)c(C(=O)O)c1-c1ccc(Cl)c(Cl)c1. The molecule has 0 aliphatic rings. The summed E-state index contributed by atoms with van der Waals surface area (Å²) in [4.78, 5) is 36.1. The molecule has 7 nitrogen and oxygen atoms in total. The fourth-order valence-corrected chi connectivity index (χ4v) is 3.49. The molecule has 0 unspecified atom stereocenters. The number of hydrogen-bond donors (Lipinski definition) is 2. The van der Waals surface area contributed by atoms with E-state index in [1.807, 2.05) is 6.92 Å². The van der Waals surface area contributed by atoms with Gasteiger partial charge in [-0.15, -0.1) is 0 Å². The second-order valence-corrected chi connectivity index (χ2v) is 7.26. The average Bonchev–Trinajstić information content (AvgIpc) is 2.66. The van der Waals surface area contributed by atoms with Crippen molar-refractivity contribution in [1.82, 2.24) is 14.8 Å². The molecular weight excluding hydrogens is 417 g/mol. The molecule has 3 aromatic rings. The van der Waals surface area contributed by atoms with E-state index in [-0.39, 0.29) is 28.3 Å². The molecule has 9 heteroatoms. The molecule has 0 saturated carbocycles. The van der Waals surface area contributed by atoms with Gasteiger partial charge in [0.1, 0.15) is 5.56 Å². The van der Waals surface area contributed by atoms with Crippen molar-refractivity contribution < 1.29 is 9.90 Å². The molecule has 0 aliphatic carbocycles. The van der Waals surface area contributed by atoms with Crippen LogP contribution < -0.4 is 11.0 Å². The Morgan fingerprint density at radius 2 is 1.90 bits per heavy atom. The van der Waals surface area contributed by atoms with Crippen LogP contribution in [0.4, 0.5) is 0 Å². The Bertz CT molecular complexity index is 1230. The number of rotatable bonds is 5. The normalized spacial score (nSPS) is 10.9. The van der Waals surface area contributed by atoms with Gasteiger partial charge in [0.05, 0.1) is 21.4 Å². The largest absolute Gasteiger partial charge is 0.477 e. The van der Waals surface area contributed by atoms with Gasteiger partial charge in [-0.25, -0.2) is 9.89 Å². The molecule has 0 saturated heterocycles. The highest BCUT2D eigenvalue weighted by atomic mass is 35.5. The van der Waals surface area contributed by atoms with Crippen LogP contribution in [-0.4, -0.2) is 25.8 Å². The molecule has 0 radical (unpaired) electrons. The standard InChI is InChI=1S/C20H17Cl2N3O4/c1-3-25-13(8-12-6-10(2)19(27)24-23-12)9-16(26)17(20(28)29)18(25)11-4-5-14(21)15(22)7-11/h4-7,9H,3,8H2,1-2H3,(H,24,27)(H,28,29). The first-order valence-electron chi connectivity index (χ1n) is 8.73. The summed E-state index contributed by atoms with van der Waals surface area (Å²) in [6.45, 7) is 3.89. The summed E-state index contributed by atoms with van der Waals surface area (Å²) < 4.78 is 1.73. The van der Waals surface area contributed by atoms with Crippen LogP contribution in [0.25, 0.3) is 11.3 Å². The summed E-state index contributed by atoms with van der Waals surface area (Å²) in [6, 6.07) is 7.62. The van der Waals surface area contributed by atoms with E-state index in [1.165, 1.54) is 12.1 Å². The van der Waals surface area contributed by atoms with Crippen molar-refractivity contribution in [3.05, 3.63) is 83.5 Å². The summed E-state index contributed by atoms with van der Waals surface area (Å²) in [6.07, 6.45) is 0.231. The van der Waals surface area contributed by atoms with Gasteiger partial charge in [-0.1, -0.05) is 29.3 Å². The van der Waals surface area contributed by atoms with E-state index in [2.05, 4.69) is 10.2 Å². The van der Waals surface area contributed by atoms with Crippen LogP contribution in [0.5, 0.6) is 0 Å². The van der Waals surface area contributed by atoms with Crippen molar-refractivity contribution >= 4 is 29.2 Å². The van der Waals surface area contributed by atoms with Crippen molar-refractivity contribution in [2.75, 3.05) is 0 Å². The summed E-state index contributed by atoms with van der Waals surface area (Å²) in [5, 5.41) is 16.7. The third-order valence-electron chi connectivity index (χ3n) is 4.53. The lowest BCUT2D eigenvalue weighted by Gasteiger charge is -2.20. The Labute approximate surface area is 175 Å². The Kier molecular flexibility index (Phi) is 5.91. The fourth-order valence-electron chi connectivity index (χ4n) is 3.19. The zero-order chi connectivity index (χ0) is 21.3. The third kappa shape index (κ3) is 4.11. The Hall–Kier alpha value is -2.90. The van der Waals surface area contributed by atoms with Crippen molar-refractivity contribution in [1.29, 1.82) is 0 Å². The Morgan fingerprint density at radius 3 is 2.48 bits per heavy atom. The molecule has 0 bridgehead atoms. The number of H-pyrrole nitrogens is 1. The summed E-state index contributed by atoms with van der Waals surface area (Å²) in [5.74, 6) is -1.33. The highest BCUT2D eigenvalue weighted by molar-refractivity contribution is 6.42. The number of hydrogen-bond acceptors (Lipinski definition) is 4. The van der Waals surface area contributed by atoms with Crippen LogP contribution in [-0.2, 0) is 13.0 Å². The van der Waals surface area contributed by atoms with E-state index in [1.54, 1.807) is 29.7 Å². The van der Waals surface area contributed by atoms with Gasteiger partial charge in [0, 0.05) is 35.9 Å². The molecule has 1 aromatic carbocycles. The number of carboxylic acids is 1. The number of pyridine rings is 1. The average molecular weight is 434 g/mol. The molecule has 0 atom stereocenters. The quantitative estimate of drug-likeness (QED) is 0.640. The molecule has 2 aromatic heterocycles. The van der Waals surface area contributed by atoms with E-state index in [0.717, 1.165) is 0 Å². The number of nitrogens with zero attached hydrogens (tertiary/aromatic N) is 2. The predicted molar refractivity (Wildman–Crippen MR) is 111 cm³/mol. The first kappa shape index (κ1) is 20.8. The number of halogens is 2. The topological polar surface area (TPSA) is 105 Å². The van der Waals surface area contributed by atoms with Crippen LogP contribution >= 0.6 is 23.2 Å². The van der Waals surface area contributed by atoms with Crippen LogP contribution in [0.2, 0.25) is 10.0 Å². The van der Waals surface area contributed by atoms with Gasteiger partial charge < -0.3 is 9.67 Å². The van der Waals surface area contributed by atoms with Crippen molar-refractivity contribution in [2.45, 2.75) is 26.8 Å². The molecule has 2 heterocycles. The lowest BCUT2D eigenvalue weighted by molar-refractivity contribution is 0.0695. The number of carbonyl (C=O) groups is 1. The Morgan fingerprint density at radius 1 is 1.17 bits per heavy atom. The lowest BCUT2D eigenvalue weighted by Crippen LogP contribution is -2.24. The highest BCUT2D eigenvalue weighted by Gasteiger charge is 2.22. The first-order valence-corrected chi connectivity index (χ1v) is 9.49. The lowest BCUT2D eigenvalue weighted by atomic mass is 10.0. The van der Waals surface area contributed by atoms with Crippen molar-refractivity contribution in [3.8, 4) is 11.3 Å². The second-order valence-electron chi connectivity index (χ2n) is 6.45. The minimum Gasteiger partial charge on any atom is -0.477 e. The zero-order valence-corrected chi connectivity index (χ0v) is 17.1. The first-order chi connectivity index (χ1) is 13.7. The number of aromatic amines is 1. The summed E-state index contributed by atoms with van der Waals surface area (Å²) in [5.41, 5.74) is 1.03. The third-order valence-corrected chi connectivity index (χ3v) is 5.26. The van der Waals surface area contributed by atoms with Crippen LogP contribution in [0.3, 0.4) is 0 Å². The maximum Gasteiger partial charge on any atom is 0.341 e. The van der Waals surface area contributed by atoms with Gasteiger partial charge >= 0.3 is 5.97 Å². The molecule has 0 aliphatic heterocycles. The van der Waals surface area contributed by atoms with E-state index < -0.39 is 11.4 Å². The van der Waals surface area contributed by atoms with E-state index in [4.69, 9.17) is 23.2 Å². The van der Waals surface area contributed by atoms with Gasteiger partial charge in [0.2, 0.25) is 0 Å². The summed E-state index contributed by atoms with van der Waals surface area (Å²) >= 11 is 12.1. The van der Waals surface area contributed by atoms with Crippen LogP contribution in [0.15, 0.2) is 39.9 Å². The number of aryl methyl sites for hydroxylation is 1. The second kappa shape index (κ2) is 8.23. The highest BCUT2D eigenvalue weighted by Crippen LogP contribution is 2.30. The molecule has 150 valence electrons. The zero-order valence-electron chi connectivity index (χ0n) is 15.6. The number of benzene rings is 1. The Balaban J connectivity index is 2.28. The van der Waals surface area contributed by atoms with E-state index >= 15 is 0 Å². The van der Waals surface area contributed by atoms with Gasteiger partial charge in [0.25, 0.3) is 5.56 Å². The van der Waals surface area contributed by atoms with Crippen LogP contribution in [0.1, 0.15) is 34.2 Å². The number of aromatic nitrogens is 3. The van der Waals surface area contributed by atoms with Gasteiger partial charge in [-0.3, -0.25) is 9.59 Å². The molecule has 0 amide bonds. The van der Waals surface area contributed by atoms with Gasteiger partial charge in [-0.2, -0.15) is 5.10 Å². The van der Waals surface area contributed by atoms with E-state index in [9.17, 15) is 19.5 Å². The van der Waals surface area contributed by atoms with Crippen molar-refractivity contribution in [2.24, 2.45) is 0 Å². The predicted octanol–water partition coefficient (Wildman–Crippen LogP) is 3.52. The maximum absolute atomic E-state index is 12.7. The summed E-state index contributed by atoms with van der Waals surface area (Å²) in [7, 11) is 0. The van der Waals surface area contributed by atoms with Gasteiger partial charge in [-0.05, 0) is 32.0 Å². The molecule has 2 N–H and O–H groups in total. The molecule has 29 heavy (non-hydrogen) atoms.